The highest BCUT2D eigenvalue weighted by Crippen LogP contribution is 2.21. The van der Waals surface area contributed by atoms with E-state index in [0.717, 1.165) is 44.2 Å². The van der Waals surface area contributed by atoms with E-state index in [1.54, 1.807) is 0 Å². The fraction of sp³-hybridized carbons (Fsp3) is 0.733. The molecule has 1 fully saturated rings. The highest BCUT2D eigenvalue weighted by Gasteiger charge is 2.26. The third kappa shape index (κ3) is 3.59. The van der Waals surface area contributed by atoms with Crippen LogP contribution in [0.3, 0.4) is 0 Å². The van der Waals surface area contributed by atoms with Crippen molar-refractivity contribution in [1.82, 2.24) is 10.2 Å². The topological polar surface area (TPSA) is 37.6 Å². The second-order valence-corrected chi connectivity index (χ2v) is 5.46. The standard InChI is InChI=1S/C15H26N2O2/c1-5-14-10-18-11(2)8-17(14)9-13-6-15(7-16-4)19-12(13)3/h6,11,14,16H,5,7-10H2,1-4H3. The summed E-state index contributed by atoms with van der Waals surface area (Å²) in [7, 11) is 1.94. The van der Waals surface area contributed by atoms with Gasteiger partial charge in [0.2, 0.25) is 0 Å². The summed E-state index contributed by atoms with van der Waals surface area (Å²) in [5.41, 5.74) is 1.30. The van der Waals surface area contributed by atoms with Gasteiger partial charge in [0.1, 0.15) is 11.5 Å². The molecule has 0 saturated carbocycles. The highest BCUT2D eigenvalue weighted by atomic mass is 16.5. The minimum absolute atomic E-state index is 0.326. The molecule has 1 N–H and O–H groups in total. The summed E-state index contributed by atoms with van der Waals surface area (Å²) in [4.78, 5) is 2.52. The van der Waals surface area contributed by atoms with Crippen LogP contribution in [0.4, 0.5) is 0 Å². The average Bonchev–Trinajstić information content (AvgIpc) is 2.71. The number of aryl methyl sites for hydroxylation is 1. The van der Waals surface area contributed by atoms with Gasteiger partial charge in [-0.15, -0.1) is 0 Å². The van der Waals surface area contributed by atoms with Crippen LogP contribution in [0.5, 0.6) is 0 Å². The number of hydrogen-bond acceptors (Lipinski definition) is 4. The number of hydrogen-bond donors (Lipinski definition) is 1. The third-order valence-corrected chi connectivity index (χ3v) is 3.85. The Morgan fingerprint density at radius 2 is 2.26 bits per heavy atom. The normalized spacial score (nSPS) is 24.8. The molecule has 4 heteroatoms. The van der Waals surface area contributed by atoms with Crippen molar-refractivity contribution >= 4 is 0 Å². The molecule has 2 unspecified atom stereocenters. The van der Waals surface area contributed by atoms with Gasteiger partial charge in [-0.05, 0) is 33.4 Å². The largest absolute Gasteiger partial charge is 0.465 e. The lowest BCUT2D eigenvalue weighted by molar-refractivity contribution is -0.0593. The zero-order valence-electron chi connectivity index (χ0n) is 12.5. The van der Waals surface area contributed by atoms with E-state index >= 15 is 0 Å². The number of rotatable bonds is 5. The smallest absolute Gasteiger partial charge is 0.118 e. The first-order chi connectivity index (χ1) is 9.13. The molecule has 108 valence electrons. The number of ether oxygens (including phenoxy) is 1. The number of morpholine rings is 1. The second kappa shape index (κ2) is 6.55. The molecule has 0 aromatic carbocycles. The predicted molar refractivity (Wildman–Crippen MR) is 76.1 cm³/mol. The van der Waals surface area contributed by atoms with Crippen LogP contribution in [0.15, 0.2) is 10.5 Å². The summed E-state index contributed by atoms with van der Waals surface area (Å²) in [5, 5.41) is 3.13. The Kier molecular flexibility index (Phi) is 5.02. The molecule has 19 heavy (non-hydrogen) atoms. The lowest BCUT2D eigenvalue weighted by Gasteiger charge is -2.38. The second-order valence-electron chi connectivity index (χ2n) is 5.46. The van der Waals surface area contributed by atoms with Crippen molar-refractivity contribution in [3.63, 3.8) is 0 Å². The zero-order chi connectivity index (χ0) is 13.8. The van der Waals surface area contributed by atoms with E-state index in [9.17, 15) is 0 Å². The molecule has 0 amide bonds. The molecule has 1 aromatic rings. The van der Waals surface area contributed by atoms with Crippen LogP contribution in [0, 0.1) is 6.92 Å². The van der Waals surface area contributed by atoms with E-state index < -0.39 is 0 Å². The van der Waals surface area contributed by atoms with E-state index in [1.807, 2.05) is 7.05 Å². The molecule has 1 aliphatic rings. The SMILES string of the molecule is CCC1COC(C)CN1Cc1cc(CNC)oc1C. The first-order valence-electron chi connectivity index (χ1n) is 7.22. The van der Waals surface area contributed by atoms with E-state index in [4.69, 9.17) is 9.15 Å². The van der Waals surface area contributed by atoms with Gasteiger partial charge in [0, 0.05) is 24.7 Å². The maximum absolute atomic E-state index is 5.77. The molecular weight excluding hydrogens is 240 g/mol. The Morgan fingerprint density at radius 1 is 1.47 bits per heavy atom. The maximum atomic E-state index is 5.77. The third-order valence-electron chi connectivity index (χ3n) is 3.85. The van der Waals surface area contributed by atoms with Crippen LogP contribution in [0.1, 0.15) is 37.4 Å². The summed E-state index contributed by atoms with van der Waals surface area (Å²) >= 11 is 0. The predicted octanol–water partition coefficient (Wildman–Crippen LogP) is 2.31. The van der Waals surface area contributed by atoms with Crippen molar-refractivity contribution in [2.24, 2.45) is 0 Å². The van der Waals surface area contributed by atoms with E-state index in [1.165, 1.54) is 5.56 Å². The summed E-state index contributed by atoms with van der Waals surface area (Å²) in [5.74, 6) is 2.06. The summed E-state index contributed by atoms with van der Waals surface area (Å²) < 4.78 is 11.5. The Bertz CT molecular complexity index is 403. The van der Waals surface area contributed by atoms with Crippen molar-refractivity contribution < 1.29 is 9.15 Å². The van der Waals surface area contributed by atoms with Gasteiger partial charge in [-0.3, -0.25) is 4.90 Å². The van der Waals surface area contributed by atoms with E-state index in [0.29, 0.717) is 12.1 Å². The van der Waals surface area contributed by atoms with Crippen molar-refractivity contribution in [1.29, 1.82) is 0 Å². The van der Waals surface area contributed by atoms with Gasteiger partial charge in [-0.2, -0.15) is 0 Å². The average molecular weight is 266 g/mol. The van der Waals surface area contributed by atoms with Gasteiger partial charge < -0.3 is 14.5 Å². The fourth-order valence-corrected chi connectivity index (χ4v) is 2.71. The lowest BCUT2D eigenvalue weighted by Crippen LogP contribution is -2.47. The van der Waals surface area contributed by atoms with Gasteiger partial charge in [-0.1, -0.05) is 6.92 Å². The highest BCUT2D eigenvalue weighted by molar-refractivity contribution is 5.21. The summed E-state index contributed by atoms with van der Waals surface area (Å²) in [6, 6.07) is 2.71. The van der Waals surface area contributed by atoms with Crippen molar-refractivity contribution in [3.05, 3.63) is 23.2 Å². The van der Waals surface area contributed by atoms with Crippen LogP contribution >= 0.6 is 0 Å². The van der Waals surface area contributed by atoms with Crippen molar-refractivity contribution in [2.75, 3.05) is 20.2 Å². The molecule has 1 aromatic heterocycles. The summed E-state index contributed by atoms with van der Waals surface area (Å²) in [6.07, 6.45) is 1.46. The van der Waals surface area contributed by atoms with E-state index in [2.05, 4.69) is 37.1 Å². The van der Waals surface area contributed by atoms with Crippen LogP contribution < -0.4 is 5.32 Å². The molecule has 1 aliphatic heterocycles. The monoisotopic (exact) mass is 266 g/mol. The zero-order valence-corrected chi connectivity index (χ0v) is 12.5. The molecular formula is C15H26N2O2. The summed E-state index contributed by atoms with van der Waals surface area (Å²) in [6.45, 7) is 10.0. The van der Waals surface area contributed by atoms with Crippen LogP contribution in [-0.2, 0) is 17.8 Å². The molecule has 0 aliphatic carbocycles. The Morgan fingerprint density at radius 3 is 2.95 bits per heavy atom. The van der Waals surface area contributed by atoms with Gasteiger partial charge in [0.05, 0.1) is 19.3 Å². The van der Waals surface area contributed by atoms with Crippen molar-refractivity contribution in [2.45, 2.75) is 52.4 Å². The Hall–Kier alpha value is -0.840. The molecule has 0 bridgehead atoms. The van der Waals surface area contributed by atoms with Crippen molar-refractivity contribution in [3.8, 4) is 0 Å². The van der Waals surface area contributed by atoms with Gasteiger partial charge in [0.25, 0.3) is 0 Å². The first-order valence-corrected chi connectivity index (χ1v) is 7.22. The number of furan rings is 1. The van der Waals surface area contributed by atoms with Gasteiger partial charge in [0.15, 0.2) is 0 Å². The molecule has 2 heterocycles. The number of nitrogens with zero attached hydrogens (tertiary/aromatic N) is 1. The molecule has 0 radical (unpaired) electrons. The minimum atomic E-state index is 0.326. The Balaban J connectivity index is 2.05. The van der Waals surface area contributed by atoms with Crippen LogP contribution in [0.25, 0.3) is 0 Å². The molecule has 2 atom stereocenters. The van der Waals surface area contributed by atoms with Gasteiger partial charge in [-0.25, -0.2) is 0 Å². The molecule has 4 nitrogen and oxygen atoms in total. The van der Waals surface area contributed by atoms with Crippen LogP contribution in [0.2, 0.25) is 0 Å². The fourth-order valence-electron chi connectivity index (χ4n) is 2.71. The van der Waals surface area contributed by atoms with Gasteiger partial charge >= 0.3 is 0 Å². The molecule has 2 rings (SSSR count). The molecule has 0 spiro atoms. The van der Waals surface area contributed by atoms with Crippen LogP contribution in [-0.4, -0.2) is 37.2 Å². The quantitative estimate of drug-likeness (QED) is 0.887. The minimum Gasteiger partial charge on any atom is -0.465 e. The Labute approximate surface area is 116 Å². The lowest BCUT2D eigenvalue weighted by atomic mass is 10.1. The van der Waals surface area contributed by atoms with E-state index in [-0.39, 0.29) is 0 Å². The molecule has 1 saturated heterocycles. The number of nitrogens with one attached hydrogen (secondary N) is 1. The first kappa shape index (κ1) is 14.6. The maximum Gasteiger partial charge on any atom is 0.118 e.